The zero-order chi connectivity index (χ0) is 8.91. The molecule has 0 aliphatic rings. The van der Waals surface area contributed by atoms with Crippen LogP contribution in [0.3, 0.4) is 0 Å². The van der Waals surface area contributed by atoms with Crippen molar-refractivity contribution in [3.63, 3.8) is 0 Å². The van der Waals surface area contributed by atoms with Gasteiger partial charge in [0.25, 0.3) is 0 Å². The molecule has 0 aromatic rings. The highest BCUT2D eigenvalue weighted by Crippen LogP contribution is 2.22. The maximum absolute atomic E-state index is 11.2. The van der Waals surface area contributed by atoms with Gasteiger partial charge in [0.05, 0.1) is 6.61 Å². The third-order valence-electron chi connectivity index (χ3n) is 1.13. The lowest BCUT2D eigenvalue weighted by Gasteiger charge is -2.14. The molecule has 0 bridgehead atoms. The van der Waals surface area contributed by atoms with Gasteiger partial charge in [0.1, 0.15) is 0 Å². The van der Waals surface area contributed by atoms with Crippen LogP contribution in [-0.2, 0) is 9.53 Å². The van der Waals surface area contributed by atoms with Crippen LogP contribution in [0.25, 0.3) is 0 Å². The summed E-state index contributed by atoms with van der Waals surface area (Å²) in [5, 5.41) is 0.231. The van der Waals surface area contributed by atoms with Crippen LogP contribution in [0.1, 0.15) is 20.8 Å². The highest BCUT2D eigenvalue weighted by molar-refractivity contribution is 8.13. The summed E-state index contributed by atoms with van der Waals surface area (Å²) in [4.78, 5) is 11.2. The highest BCUT2D eigenvalue weighted by atomic mass is 32.2. The van der Waals surface area contributed by atoms with Crippen molar-refractivity contribution in [1.29, 1.82) is 0 Å². The van der Waals surface area contributed by atoms with Gasteiger partial charge in [0.15, 0.2) is 5.12 Å². The number of thioether (sulfide) groups is 1. The summed E-state index contributed by atoms with van der Waals surface area (Å²) < 4.78 is 4.83. The van der Waals surface area contributed by atoms with Crippen LogP contribution >= 0.6 is 11.8 Å². The molecule has 0 unspecified atom stereocenters. The van der Waals surface area contributed by atoms with Gasteiger partial charge >= 0.3 is 0 Å². The van der Waals surface area contributed by atoms with Crippen LogP contribution in [0.2, 0.25) is 0 Å². The molecule has 0 aliphatic heterocycles. The fourth-order valence-corrected chi connectivity index (χ4v) is 1.30. The quantitative estimate of drug-likeness (QED) is 0.615. The first-order chi connectivity index (χ1) is 4.98. The smallest absolute Gasteiger partial charge is 0.194 e. The van der Waals surface area contributed by atoms with E-state index in [2.05, 4.69) is 0 Å². The Kier molecular flexibility index (Phi) is 4.77. The van der Waals surface area contributed by atoms with Gasteiger partial charge in [-0.25, -0.2) is 0 Å². The lowest BCUT2D eigenvalue weighted by molar-refractivity contribution is -0.117. The Labute approximate surface area is 72.7 Å². The zero-order valence-corrected chi connectivity index (χ0v) is 8.46. The lowest BCUT2D eigenvalue weighted by atomic mass is 10.00. The minimum atomic E-state index is -0.224. The maximum Gasteiger partial charge on any atom is 0.194 e. The number of ether oxygens (including phenoxy) is 1. The van der Waals surface area contributed by atoms with E-state index >= 15 is 0 Å². The molecule has 0 rings (SSSR count). The predicted molar refractivity (Wildman–Crippen MR) is 48.8 cm³/mol. The summed E-state index contributed by atoms with van der Waals surface area (Å²) in [5.74, 6) is 0.757. The van der Waals surface area contributed by atoms with E-state index in [0.29, 0.717) is 6.61 Å². The molecule has 0 aromatic heterocycles. The van der Waals surface area contributed by atoms with Gasteiger partial charge in [0.2, 0.25) is 0 Å². The van der Waals surface area contributed by atoms with Crippen molar-refractivity contribution in [2.75, 3.05) is 19.5 Å². The van der Waals surface area contributed by atoms with E-state index < -0.39 is 0 Å². The number of hydrogen-bond acceptors (Lipinski definition) is 3. The normalized spacial score (nSPS) is 11.6. The number of rotatable bonds is 3. The average Bonchev–Trinajstić information content (AvgIpc) is 1.86. The molecular formula is C8H16O2S. The van der Waals surface area contributed by atoms with Crippen LogP contribution in [0.4, 0.5) is 0 Å². The largest absolute Gasteiger partial charge is 0.384 e. The molecule has 2 nitrogen and oxygen atoms in total. The molecular weight excluding hydrogens is 160 g/mol. The first kappa shape index (κ1) is 11.0. The molecule has 0 fully saturated rings. The van der Waals surface area contributed by atoms with Crippen LogP contribution in [0.15, 0.2) is 0 Å². The molecule has 0 aliphatic carbocycles. The minimum Gasteiger partial charge on any atom is -0.384 e. The van der Waals surface area contributed by atoms with Crippen molar-refractivity contribution in [3.05, 3.63) is 0 Å². The van der Waals surface area contributed by atoms with Crippen molar-refractivity contribution in [2.24, 2.45) is 5.41 Å². The van der Waals surface area contributed by atoms with Gasteiger partial charge in [-0.1, -0.05) is 32.5 Å². The van der Waals surface area contributed by atoms with Crippen molar-refractivity contribution >= 4 is 16.9 Å². The third kappa shape index (κ3) is 5.27. The van der Waals surface area contributed by atoms with Gasteiger partial charge in [-0.15, -0.1) is 0 Å². The van der Waals surface area contributed by atoms with E-state index in [4.69, 9.17) is 4.74 Å². The van der Waals surface area contributed by atoms with Crippen molar-refractivity contribution in [2.45, 2.75) is 20.8 Å². The monoisotopic (exact) mass is 176 g/mol. The van der Waals surface area contributed by atoms with E-state index in [9.17, 15) is 4.79 Å². The van der Waals surface area contributed by atoms with Crippen LogP contribution in [-0.4, -0.2) is 24.6 Å². The van der Waals surface area contributed by atoms with Crippen LogP contribution < -0.4 is 0 Å². The molecule has 0 spiro atoms. The van der Waals surface area contributed by atoms with Crippen molar-refractivity contribution in [1.82, 2.24) is 0 Å². The minimum absolute atomic E-state index is 0.224. The molecule has 0 N–H and O–H groups in total. The molecule has 0 saturated heterocycles. The Morgan fingerprint density at radius 3 is 2.36 bits per heavy atom. The summed E-state index contributed by atoms with van der Waals surface area (Å²) in [6, 6.07) is 0. The number of hydrogen-bond donors (Lipinski definition) is 0. The third-order valence-corrected chi connectivity index (χ3v) is 2.38. The standard InChI is InChI=1S/C8H16O2S/c1-8(2,3)7(9)11-6-5-10-4/h5-6H2,1-4H3. The number of carbonyl (C=O) groups excluding carboxylic acids is 1. The van der Waals surface area contributed by atoms with Crippen molar-refractivity contribution < 1.29 is 9.53 Å². The molecule has 0 amide bonds. The second kappa shape index (κ2) is 4.78. The molecule has 0 aromatic carbocycles. The summed E-state index contributed by atoms with van der Waals surface area (Å²) >= 11 is 1.34. The Morgan fingerprint density at radius 2 is 2.00 bits per heavy atom. The van der Waals surface area contributed by atoms with Crippen LogP contribution in [0, 0.1) is 5.41 Å². The number of carbonyl (C=O) groups is 1. The second-order valence-electron chi connectivity index (χ2n) is 3.38. The first-order valence-electron chi connectivity index (χ1n) is 3.64. The lowest BCUT2D eigenvalue weighted by Crippen LogP contribution is -2.17. The fourth-order valence-electron chi connectivity index (χ4n) is 0.434. The summed E-state index contributed by atoms with van der Waals surface area (Å²) in [5.41, 5.74) is -0.224. The fraction of sp³-hybridized carbons (Fsp3) is 0.875. The summed E-state index contributed by atoms with van der Waals surface area (Å²) in [7, 11) is 1.64. The molecule has 11 heavy (non-hydrogen) atoms. The van der Waals surface area contributed by atoms with E-state index in [1.54, 1.807) is 7.11 Å². The first-order valence-corrected chi connectivity index (χ1v) is 4.63. The van der Waals surface area contributed by atoms with E-state index in [0.717, 1.165) is 5.75 Å². The van der Waals surface area contributed by atoms with Crippen molar-refractivity contribution in [3.8, 4) is 0 Å². The molecule has 0 atom stereocenters. The van der Waals surface area contributed by atoms with Gasteiger partial charge in [-0.3, -0.25) is 4.79 Å². The Morgan fingerprint density at radius 1 is 1.45 bits per heavy atom. The van der Waals surface area contributed by atoms with Crippen LogP contribution in [0.5, 0.6) is 0 Å². The van der Waals surface area contributed by atoms with Gasteiger partial charge in [0, 0.05) is 18.3 Å². The Balaban J connectivity index is 3.54. The van der Waals surface area contributed by atoms with Gasteiger partial charge < -0.3 is 4.74 Å². The molecule has 66 valence electrons. The topological polar surface area (TPSA) is 26.3 Å². The van der Waals surface area contributed by atoms with E-state index in [1.165, 1.54) is 11.8 Å². The van der Waals surface area contributed by atoms with Gasteiger partial charge in [-0.05, 0) is 0 Å². The zero-order valence-electron chi connectivity index (χ0n) is 7.64. The maximum atomic E-state index is 11.2. The molecule has 0 radical (unpaired) electrons. The average molecular weight is 176 g/mol. The van der Waals surface area contributed by atoms with Gasteiger partial charge in [-0.2, -0.15) is 0 Å². The molecule has 0 saturated carbocycles. The second-order valence-corrected chi connectivity index (χ2v) is 4.45. The van der Waals surface area contributed by atoms with E-state index in [-0.39, 0.29) is 10.5 Å². The molecule has 3 heteroatoms. The highest BCUT2D eigenvalue weighted by Gasteiger charge is 2.20. The Hall–Kier alpha value is -0.0200. The predicted octanol–water partition coefficient (Wildman–Crippen LogP) is 1.94. The SMILES string of the molecule is COCCSC(=O)C(C)(C)C. The summed E-state index contributed by atoms with van der Waals surface area (Å²) in [6.07, 6.45) is 0. The van der Waals surface area contributed by atoms with E-state index in [1.807, 2.05) is 20.8 Å². The Bertz CT molecular complexity index is 127. The summed E-state index contributed by atoms with van der Waals surface area (Å²) in [6.45, 7) is 6.42. The molecule has 0 heterocycles. The number of methoxy groups -OCH3 is 1.